The van der Waals surface area contributed by atoms with Gasteiger partial charge in [-0.25, -0.2) is 4.98 Å². The Morgan fingerprint density at radius 2 is 2.05 bits per heavy atom. The standard InChI is InChI=1S/C12H10BrN3O4/c1-20-6-9-10(13)12(17)15-11(14-9)7-2-4-8(5-3-7)16(18)19/h2-5H,6H2,1H3,(H,14,15,17). The molecule has 0 spiro atoms. The smallest absolute Gasteiger partial charge is 0.269 e. The highest BCUT2D eigenvalue weighted by Gasteiger charge is 2.11. The second-order valence-electron chi connectivity index (χ2n) is 3.91. The molecule has 0 aliphatic rings. The van der Waals surface area contributed by atoms with Gasteiger partial charge in [-0.1, -0.05) is 0 Å². The van der Waals surface area contributed by atoms with Crippen molar-refractivity contribution in [3.05, 3.63) is 54.9 Å². The van der Waals surface area contributed by atoms with Gasteiger partial charge in [-0.15, -0.1) is 0 Å². The number of rotatable bonds is 4. The van der Waals surface area contributed by atoms with Crippen molar-refractivity contribution in [2.45, 2.75) is 6.61 Å². The van der Waals surface area contributed by atoms with E-state index in [2.05, 4.69) is 25.9 Å². The number of ether oxygens (including phenoxy) is 1. The van der Waals surface area contributed by atoms with Crippen LogP contribution < -0.4 is 5.56 Å². The summed E-state index contributed by atoms with van der Waals surface area (Å²) in [6.07, 6.45) is 0. The number of halogens is 1. The second kappa shape index (κ2) is 5.93. The summed E-state index contributed by atoms with van der Waals surface area (Å²) in [7, 11) is 1.50. The molecular formula is C12H10BrN3O4. The average molecular weight is 340 g/mol. The third-order valence-corrected chi connectivity index (χ3v) is 3.38. The van der Waals surface area contributed by atoms with Crippen LogP contribution in [0.15, 0.2) is 33.5 Å². The Bertz CT molecular complexity index is 697. The highest BCUT2D eigenvalue weighted by Crippen LogP contribution is 2.20. The number of H-pyrrole nitrogens is 1. The summed E-state index contributed by atoms with van der Waals surface area (Å²) in [5, 5.41) is 10.6. The van der Waals surface area contributed by atoms with Crippen LogP contribution in [0.2, 0.25) is 0 Å². The Morgan fingerprint density at radius 3 is 2.60 bits per heavy atom. The third kappa shape index (κ3) is 2.91. The van der Waals surface area contributed by atoms with Crippen LogP contribution in [0.1, 0.15) is 5.69 Å². The number of hydrogen-bond acceptors (Lipinski definition) is 5. The number of nitrogens with one attached hydrogen (secondary N) is 1. The van der Waals surface area contributed by atoms with E-state index in [9.17, 15) is 14.9 Å². The van der Waals surface area contributed by atoms with Gasteiger partial charge in [0.15, 0.2) is 0 Å². The zero-order valence-corrected chi connectivity index (χ0v) is 12.0. The zero-order valence-electron chi connectivity index (χ0n) is 10.4. The number of non-ortho nitro benzene ring substituents is 1. The van der Waals surface area contributed by atoms with Crippen molar-refractivity contribution < 1.29 is 9.66 Å². The monoisotopic (exact) mass is 339 g/mol. The molecule has 1 N–H and O–H groups in total. The number of aromatic nitrogens is 2. The number of nitrogens with zero attached hydrogens (tertiary/aromatic N) is 2. The predicted octanol–water partition coefficient (Wildman–Crippen LogP) is 2.25. The second-order valence-corrected chi connectivity index (χ2v) is 4.71. The first kappa shape index (κ1) is 14.4. The molecule has 2 rings (SSSR count). The van der Waals surface area contributed by atoms with Crippen LogP contribution >= 0.6 is 15.9 Å². The van der Waals surface area contributed by atoms with E-state index in [0.717, 1.165) is 0 Å². The lowest BCUT2D eigenvalue weighted by Gasteiger charge is -2.06. The molecule has 1 heterocycles. The maximum absolute atomic E-state index is 11.8. The number of nitro benzene ring substituents is 1. The first-order valence-corrected chi connectivity index (χ1v) is 6.34. The molecule has 0 unspecified atom stereocenters. The quantitative estimate of drug-likeness (QED) is 0.680. The largest absolute Gasteiger partial charge is 0.378 e. The van der Waals surface area contributed by atoms with Crippen LogP contribution in [0.5, 0.6) is 0 Å². The van der Waals surface area contributed by atoms with Crippen molar-refractivity contribution in [1.82, 2.24) is 9.97 Å². The molecule has 0 fully saturated rings. The van der Waals surface area contributed by atoms with E-state index in [4.69, 9.17) is 4.74 Å². The molecular weight excluding hydrogens is 330 g/mol. The van der Waals surface area contributed by atoms with Gasteiger partial charge in [0, 0.05) is 24.8 Å². The summed E-state index contributed by atoms with van der Waals surface area (Å²) in [6.45, 7) is 0.185. The number of nitro groups is 1. The Hall–Kier alpha value is -2.06. The van der Waals surface area contributed by atoms with Gasteiger partial charge in [0.25, 0.3) is 11.2 Å². The Kier molecular flexibility index (Phi) is 4.26. The third-order valence-electron chi connectivity index (χ3n) is 2.56. The first-order chi connectivity index (χ1) is 9.52. The molecule has 2 aromatic rings. The van der Waals surface area contributed by atoms with Crippen molar-refractivity contribution in [2.24, 2.45) is 0 Å². The SMILES string of the molecule is COCc1nc(-c2ccc([N+](=O)[O-])cc2)[nH]c(=O)c1Br. The lowest BCUT2D eigenvalue weighted by Crippen LogP contribution is -2.14. The molecule has 1 aromatic heterocycles. The van der Waals surface area contributed by atoms with E-state index >= 15 is 0 Å². The van der Waals surface area contributed by atoms with Crippen molar-refractivity contribution in [3.63, 3.8) is 0 Å². The molecule has 0 aliphatic heterocycles. The summed E-state index contributed by atoms with van der Waals surface area (Å²) in [5.74, 6) is 0.333. The van der Waals surface area contributed by atoms with Crippen LogP contribution in [0.25, 0.3) is 11.4 Å². The molecule has 0 atom stereocenters. The first-order valence-electron chi connectivity index (χ1n) is 5.55. The van der Waals surface area contributed by atoms with Gasteiger partial charge < -0.3 is 9.72 Å². The van der Waals surface area contributed by atoms with Crippen molar-refractivity contribution in [2.75, 3.05) is 7.11 Å². The summed E-state index contributed by atoms with van der Waals surface area (Å²) < 4.78 is 5.28. The highest BCUT2D eigenvalue weighted by molar-refractivity contribution is 9.10. The Morgan fingerprint density at radius 1 is 1.40 bits per heavy atom. The van der Waals surface area contributed by atoms with Gasteiger partial charge in [-0.3, -0.25) is 14.9 Å². The molecule has 0 bridgehead atoms. The van der Waals surface area contributed by atoms with Crippen LogP contribution in [-0.4, -0.2) is 22.0 Å². The number of hydrogen-bond donors (Lipinski definition) is 1. The number of aromatic amines is 1. The fourth-order valence-corrected chi connectivity index (χ4v) is 1.92. The van der Waals surface area contributed by atoms with Gasteiger partial charge in [-0.05, 0) is 28.1 Å². The van der Waals surface area contributed by atoms with E-state index in [1.54, 1.807) is 0 Å². The summed E-state index contributed by atoms with van der Waals surface area (Å²) in [5.41, 5.74) is 0.688. The Balaban J connectivity index is 2.47. The maximum Gasteiger partial charge on any atom is 0.269 e. The molecule has 0 aliphatic carbocycles. The molecule has 0 saturated carbocycles. The predicted molar refractivity (Wildman–Crippen MR) is 75.4 cm³/mol. The van der Waals surface area contributed by atoms with Crippen LogP contribution in [0, 0.1) is 10.1 Å². The van der Waals surface area contributed by atoms with E-state index in [1.165, 1.54) is 31.4 Å². The number of methoxy groups -OCH3 is 1. The van der Waals surface area contributed by atoms with E-state index in [-0.39, 0.29) is 17.9 Å². The van der Waals surface area contributed by atoms with Gasteiger partial charge in [0.05, 0.1) is 17.2 Å². The maximum atomic E-state index is 11.8. The minimum atomic E-state index is -0.488. The lowest BCUT2D eigenvalue weighted by atomic mass is 10.2. The average Bonchev–Trinajstić information content (AvgIpc) is 2.44. The van der Waals surface area contributed by atoms with E-state index < -0.39 is 4.92 Å². The van der Waals surface area contributed by atoms with Gasteiger partial charge in [0.1, 0.15) is 10.3 Å². The molecule has 0 saturated heterocycles. The van der Waals surface area contributed by atoms with Crippen molar-refractivity contribution in [1.29, 1.82) is 0 Å². The molecule has 104 valence electrons. The van der Waals surface area contributed by atoms with Crippen molar-refractivity contribution >= 4 is 21.6 Å². The molecule has 7 nitrogen and oxygen atoms in total. The molecule has 0 amide bonds. The molecule has 20 heavy (non-hydrogen) atoms. The minimum absolute atomic E-state index is 0.0228. The Labute approximate surface area is 121 Å². The van der Waals surface area contributed by atoms with Crippen molar-refractivity contribution in [3.8, 4) is 11.4 Å². The fraction of sp³-hybridized carbons (Fsp3) is 0.167. The van der Waals surface area contributed by atoms with Crippen LogP contribution in [0.4, 0.5) is 5.69 Å². The topological polar surface area (TPSA) is 98.1 Å². The van der Waals surface area contributed by atoms with E-state index in [0.29, 0.717) is 21.6 Å². The summed E-state index contributed by atoms with van der Waals surface area (Å²) in [6, 6.07) is 5.77. The minimum Gasteiger partial charge on any atom is -0.378 e. The zero-order chi connectivity index (χ0) is 14.7. The van der Waals surface area contributed by atoms with Gasteiger partial charge >= 0.3 is 0 Å². The lowest BCUT2D eigenvalue weighted by molar-refractivity contribution is -0.384. The summed E-state index contributed by atoms with van der Waals surface area (Å²) in [4.78, 5) is 28.8. The molecule has 1 aromatic carbocycles. The van der Waals surface area contributed by atoms with Gasteiger partial charge in [0.2, 0.25) is 0 Å². The van der Waals surface area contributed by atoms with Gasteiger partial charge in [-0.2, -0.15) is 0 Å². The fourth-order valence-electron chi connectivity index (χ4n) is 1.62. The normalized spacial score (nSPS) is 10.5. The number of benzene rings is 1. The molecule has 8 heteroatoms. The van der Waals surface area contributed by atoms with Crippen LogP contribution in [-0.2, 0) is 11.3 Å². The molecule has 0 radical (unpaired) electrons. The van der Waals surface area contributed by atoms with Crippen LogP contribution in [0.3, 0.4) is 0 Å². The highest BCUT2D eigenvalue weighted by atomic mass is 79.9. The summed E-state index contributed by atoms with van der Waals surface area (Å²) >= 11 is 3.14. The van der Waals surface area contributed by atoms with E-state index in [1.807, 2.05) is 0 Å².